The standard InChI is InChI=1S/C25H25N5O3S/c1-16-13-17(5-7-22(16)30-8-10-33-11-9-30)25(32)27-23-20-14-18(4-6-21(20)28-29-23)24(31)26-15-19-3-2-12-34-19/h2-7,12-14H,8-11,15H2,1H3,(H,26,31)(H2,27,28,29,32). The number of benzene rings is 2. The highest BCUT2D eigenvalue weighted by molar-refractivity contribution is 7.09. The van der Waals surface area contributed by atoms with E-state index in [2.05, 4.69) is 25.7 Å². The first kappa shape index (κ1) is 22.1. The van der Waals surface area contributed by atoms with E-state index in [4.69, 9.17) is 4.74 Å². The van der Waals surface area contributed by atoms with E-state index in [0.29, 0.717) is 42.1 Å². The average Bonchev–Trinajstić information content (AvgIpc) is 3.53. The third-order valence-electron chi connectivity index (χ3n) is 5.87. The Kier molecular flexibility index (Phi) is 6.29. The Labute approximate surface area is 200 Å². The summed E-state index contributed by atoms with van der Waals surface area (Å²) in [6, 6.07) is 14.9. The third kappa shape index (κ3) is 4.66. The van der Waals surface area contributed by atoms with E-state index in [1.54, 1.807) is 29.5 Å². The van der Waals surface area contributed by atoms with Crippen molar-refractivity contribution < 1.29 is 14.3 Å². The molecule has 1 aliphatic rings. The van der Waals surface area contributed by atoms with E-state index in [1.165, 1.54) is 0 Å². The average molecular weight is 476 g/mol. The summed E-state index contributed by atoms with van der Waals surface area (Å²) in [5, 5.41) is 15.6. The van der Waals surface area contributed by atoms with Crippen LogP contribution in [0.25, 0.3) is 10.9 Å². The van der Waals surface area contributed by atoms with Gasteiger partial charge in [0.2, 0.25) is 0 Å². The van der Waals surface area contributed by atoms with Crippen LogP contribution in [0.3, 0.4) is 0 Å². The number of anilines is 2. The van der Waals surface area contributed by atoms with Crippen LogP contribution in [0.5, 0.6) is 0 Å². The Bertz CT molecular complexity index is 1330. The number of nitrogens with zero attached hydrogens (tertiary/aromatic N) is 2. The van der Waals surface area contributed by atoms with Crippen molar-refractivity contribution in [3.63, 3.8) is 0 Å². The van der Waals surface area contributed by atoms with Gasteiger partial charge in [-0.15, -0.1) is 11.3 Å². The summed E-state index contributed by atoms with van der Waals surface area (Å²) in [6.45, 7) is 5.59. The summed E-state index contributed by atoms with van der Waals surface area (Å²) in [4.78, 5) is 29.0. The molecular formula is C25H25N5O3S. The van der Waals surface area contributed by atoms with Crippen LogP contribution in [0.1, 0.15) is 31.2 Å². The second-order valence-corrected chi connectivity index (χ2v) is 9.18. The zero-order chi connectivity index (χ0) is 23.5. The van der Waals surface area contributed by atoms with Gasteiger partial charge in [0.15, 0.2) is 5.82 Å². The monoisotopic (exact) mass is 475 g/mol. The minimum atomic E-state index is -0.252. The van der Waals surface area contributed by atoms with Gasteiger partial charge in [0.05, 0.1) is 25.3 Å². The Morgan fingerprint density at radius 3 is 2.65 bits per heavy atom. The maximum atomic E-state index is 13.0. The van der Waals surface area contributed by atoms with Crippen molar-refractivity contribution in [2.75, 3.05) is 36.5 Å². The number of aromatic amines is 1. The van der Waals surface area contributed by atoms with Crippen LogP contribution in [-0.2, 0) is 11.3 Å². The summed E-state index contributed by atoms with van der Waals surface area (Å²) in [7, 11) is 0. The first-order chi connectivity index (χ1) is 16.6. The second-order valence-electron chi connectivity index (χ2n) is 8.15. The van der Waals surface area contributed by atoms with Crippen molar-refractivity contribution in [3.8, 4) is 0 Å². The number of fused-ring (bicyclic) bond motifs is 1. The predicted molar refractivity (Wildman–Crippen MR) is 134 cm³/mol. The molecule has 0 saturated carbocycles. The van der Waals surface area contributed by atoms with Crippen LogP contribution < -0.4 is 15.5 Å². The van der Waals surface area contributed by atoms with Gasteiger partial charge in [0.1, 0.15) is 0 Å². The molecule has 0 spiro atoms. The number of amides is 2. The first-order valence-electron chi connectivity index (χ1n) is 11.1. The lowest BCUT2D eigenvalue weighted by molar-refractivity contribution is 0.0950. The van der Waals surface area contributed by atoms with Crippen LogP contribution in [0.15, 0.2) is 53.9 Å². The maximum Gasteiger partial charge on any atom is 0.256 e. The Morgan fingerprint density at radius 1 is 1.09 bits per heavy atom. The maximum absolute atomic E-state index is 13.0. The molecule has 0 radical (unpaired) electrons. The van der Waals surface area contributed by atoms with E-state index in [-0.39, 0.29) is 11.8 Å². The van der Waals surface area contributed by atoms with E-state index in [0.717, 1.165) is 34.7 Å². The topological polar surface area (TPSA) is 99.3 Å². The number of nitrogens with one attached hydrogen (secondary N) is 3. The zero-order valence-corrected chi connectivity index (χ0v) is 19.6. The lowest BCUT2D eigenvalue weighted by Gasteiger charge is -2.30. The largest absolute Gasteiger partial charge is 0.378 e. The molecule has 3 N–H and O–H groups in total. The van der Waals surface area contributed by atoms with Gasteiger partial charge in [-0.2, -0.15) is 5.10 Å². The molecule has 0 bridgehead atoms. The number of hydrogen-bond donors (Lipinski definition) is 3. The normalized spacial score (nSPS) is 13.7. The molecule has 1 saturated heterocycles. The molecule has 8 nitrogen and oxygen atoms in total. The Balaban J connectivity index is 1.31. The summed E-state index contributed by atoms with van der Waals surface area (Å²) in [5.74, 6) is -0.0384. The third-order valence-corrected chi connectivity index (χ3v) is 6.75. The molecule has 0 aliphatic carbocycles. The molecule has 2 amide bonds. The van der Waals surface area contributed by atoms with Crippen LogP contribution in [0, 0.1) is 6.92 Å². The van der Waals surface area contributed by atoms with Gasteiger partial charge < -0.3 is 20.3 Å². The molecule has 1 fully saturated rings. The highest BCUT2D eigenvalue weighted by atomic mass is 32.1. The number of aryl methyl sites for hydroxylation is 1. The van der Waals surface area contributed by atoms with E-state index in [1.807, 2.05) is 42.6 Å². The fourth-order valence-corrected chi connectivity index (χ4v) is 4.71. The van der Waals surface area contributed by atoms with Gasteiger partial charge in [0, 0.05) is 40.2 Å². The number of ether oxygens (including phenoxy) is 1. The van der Waals surface area contributed by atoms with Crippen LogP contribution in [0.4, 0.5) is 11.5 Å². The first-order valence-corrected chi connectivity index (χ1v) is 12.0. The molecule has 4 aromatic rings. The number of aromatic nitrogens is 2. The number of thiophene rings is 1. The number of H-pyrrole nitrogens is 1. The van der Waals surface area contributed by atoms with Crippen molar-refractivity contribution in [2.24, 2.45) is 0 Å². The lowest BCUT2D eigenvalue weighted by Crippen LogP contribution is -2.36. The highest BCUT2D eigenvalue weighted by Crippen LogP contribution is 2.25. The number of carbonyl (C=O) groups is 2. The predicted octanol–water partition coefficient (Wildman–Crippen LogP) is 3.95. The van der Waals surface area contributed by atoms with Crippen molar-refractivity contribution in [1.29, 1.82) is 0 Å². The summed E-state index contributed by atoms with van der Waals surface area (Å²) in [5.41, 5.74) is 3.94. The van der Waals surface area contributed by atoms with Crippen LogP contribution in [0.2, 0.25) is 0 Å². The van der Waals surface area contributed by atoms with Gasteiger partial charge in [-0.1, -0.05) is 6.07 Å². The quantitative estimate of drug-likeness (QED) is 0.392. The van der Waals surface area contributed by atoms with E-state index >= 15 is 0 Å². The van der Waals surface area contributed by atoms with E-state index < -0.39 is 0 Å². The van der Waals surface area contributed by atoms with E-state index in [9.17, 15) is 9.59 Å². The van der Waals surface area contributed by atoms with Crippen molar-refractivity contribution in [1.82, 2.24) is 15.5 Å². The van der Waals surface area contributed by atoms with Crippen molar-refractivity contribution in [2.45, 2.75) is 13.5 Å². The highest BCUT2D eigenvalue weighted by Gasteiger charge is 2.17. The van der Waals surface area contributed by atoms with Gasteiger partial charge in [-0.25, -0.2) is 0 Å². The molecule has 0 unspecified atom stereocenters. The smallest absolute Gasteiger partial charge is 0.256 e. The van der Waals surface area contributed by atoms with Gasteiger partial charge in [0.25, 0.3) is 11.8 Å². The molecule has 2 aromatic heterocycles. The number of rotatable bonds is 6. The number of carbonyl (C=O) groups excluding carboxylic acids is 2. The summed E-state index contributed by atoms with van der Waals surface area (Å²) < 4.78 is 5.43. The Hall–Kier alpha value is -3.69. The van der Waals surface area contributed by atoms with Gasteiger partial charge in [-0.05, 0) is 60.3 Å². The van der Waals surface area contributed by atoms with Crippen LogP contribution in [-0.4, -0.2) is 48.3 Å². The zero-order valence-electron chi connectivity index (χ0n) is 18.8. The molecule has 1 aliphatic heterocycles. The second kappa shape index (κ2) is 9.66. The number of morpholine rings is 1. The Morgan fingerprint density at radius 2 is 1.88 bits per heavy atom. The molecule has 2 aromatic carbocycles. The van der Waals surface area contributed by atoms with Gasteiger partial charge >= 0.3 is 0 Å². The fourth-order valence-electron chi connectivity index (χ4n) is 4.07. The summed E-state index contributed by atoms with van der Waals surface area (Å²) in [6.07, 6.45) is 0. The lowest BCUT2D eigenvalue weighted by atomic mass is 10.1. The fraction of sp³-hybridized carbons (Fsp3) is 0.240. The minimum Gasteiger partial charge on any atom is -0.378 e. The molecule has 0 atom stereocenters. The molecule has 5 rings (SSSR count). The van der Waals surface area contributed by atoms with Gasteiger partial charge in [-0.3, -0.25) is 14.7 Å². The van der Waals surface area contributed by atoms with Crippen molar-refractivity contribution in [3.05, 3.63) is 75.5 Å². The molecule has 34 heavy (non-hydrogen) atoms. The number of hydrogen-bond acceptors (Lipinski definition) is 6. The molecule has 9 heteroatoms. The minimum absolute atomic E-state index is 0.178. The molecular weight excluding hydrogens is 450 g/mol. The van der Waals surface area contributed by atoms with Crippen molar-refractivity contribution >= 4 is 45.6 Å². The SMILES string of the molecule is Cc1cc(C(=O)Nc2n[nH]c3ccc(C(=O)NCc4cccs4)cc23)ccc1N1CCOCC1. The summed E-state index contributed by atoms with van der Waals surface area (Å²) >= 11 is 1.60. The molecule has 174 valence electrons. The van der Waals surface area contributed by atoms with Crippen LogP contribution >= 0.6 is 11.3 Å². The molecule has 3 heterocycles.